The van der Waals surface area contributed by atoms with Gasteiger partial charge in [-0.25, -0.2) is 0 Å². The fraction of sp³-hybridized carbons (Fsp3) is 0.400. The van der Waals surface area contributed by atoms with Gasteiger partial charge < -0.3 is 14.8 Å². The van der Waals surface area contributed by atoms with E-state index in [1.54, 1.807) is 0 Å². The highest BCUT2D eigenvalue weighted by Crippen LogP contribution is 2.24. The van der Waals surface area contributed by atoms with E-state index in [4.69, 9.17) is 15.0 Å². The van der Waals surface area contributed by atoms with Gasteiger partial charge in [-0.2, -0.15) is 0 Å². The topological polar surface area (TPSA) is 125 Å². The van der Waals surface area contributed by atoms with Crippen molar-refractivity contribution in [2.45, 2.75) is 32.9 Å². The van der Waals surface area contributed by atoms with E-state index < -0.39 is 76.9 Å². The Hall–Kier alpha value is -2.97. The molecule has 1 amide bonds. The number of rotatable bonds is 7. The lowest BCUT2D eigenvalue weighted by Gasteiger charge is -2.27. The Balaban J connectivity index is 3.67. The number of hydrogen-bond acceptors (Lipinski definition) is 7. The second-order valence-corrected chi connectivity index (χ2v) is 4.66. The summed E-state index contributed by atoms with van der Waals surface area (Å²) >= 11 is 0. The smallest absolute Gasteiger partial charge is 0.303 e. The molecule has 0 aromatic heterocycles. The predicted molar refractivity (Wildman–Crippen MR) is 81.8 cm³/mol. The normalized spacial score (nSPS) is 15.0. The van der Waals surface area contributed by atoms with E-state index in [0.29, 0.717) is 0 Å². The molecule has 0 fully saturated rings. The van der Waals surface area contributed by atoms with Crippen molar-refractivity contribution in [1.82, 2.24) is 5.32 Å². The lowest BCUT2D eigenvalue weighted by atomic mass is 10.0. The van der Waals surface area contributed by atoms with Gasteiger partial charge in [-0.1, -0.05) is 0 Å². The molecule has 0 saturated carbocycles. The van der Waals surface area contributed by atoms with Gasteiger partial charge in [0.25, 0.3) is 5.69 Å². The zero-order valence-electron chi connectivity index (χ0n) is 17.2. The summed E-state index contributed by atoms with van der Waals surface area (Å²) in [6, 6.07) is -4.81. The number of carbonyl (C=O) groups excluding carboxylic acids is 3. The number of nitrogens with one attached hydrogen (secondary N) is 1. The molecule has 2 atom stereocenters. The number of hydrogen-bond donors (Lipinski definition) is 1. The Morgan fingerprint density at radius 2 is 1.79 bits per heavy atom. The summed E-state index contributed by atoms with van der Waals surface area (Å²) in [4.78, 5) is 44.2. The zero-order valence-corrected chi connectivity index (χ0v) is 13.2. The molecule has 0 radical (unpaired) electrons. The molecule has 0 aliphatic carbocycles. The van der Waals surface area contributed by atoms with Crippen molar-refractivity contribution in [2.24, 2.45) is 0 Å². The lowest BCUT2D eigenvalue weighted by Crippen LogP contribution is -2.43. The van der Waals surface area contributed by atoms with Crippen LogP contribution in [0.5, 0.6) is 0 Å². The van der Waals surface area contributed by atoms with Crippen molar-refractivity contribution in [3.63, 3.8) is 0 Å². The standard InChI is InChI=1S/C15H18N2O7/c1-9(18)16-14(8-23-10(2)19)15(24-11(3)20)12-4-6-13(7-5-12)17(21)22/h4-7,14-15H,8H2,1-3H3,(H,16,18)/t14-,15-/m1/s1/i4D,5D,6D,7D. The minimum atomic E-state index is -1.60. The van der Waals surface area contributed by atoms with Crippen LogP contribution in [0.3, 0.4) is 0 Å². The van der Waals surface area contributed by atoms with Gasteiger partial charge in [0.2, 0.25) is 5.91 Å². The molecule has 1 rings (SSSR count). The molecular formula is C15H18N2O7. The molecule has 0 unspecified atom stereocenters. The van der Waals surface area contributed by atoms with Gasteiger partial charge in [0.05, 0.1) is 10.4 Å². The summed E-state index contributed by atoms with van der Waals surface area (Å²) in [5, 5.41) is 13.4. The molecule has 9 nitrogen and oxygen atoms in total. The van der Waals surface area contributed by atoms with Crippen LogP contribution in [-0.4, -0.2) is 35.4 Å². The van der Waals surface area contributed by atoms with Crippen LogP contribution in [0.4, 0.5) is 5.69 Å². The maximum Gasteiger partial charge on any atom is 0.303 e. The molecule has 0 saturated heterocycles. The first-order valence-corrected chi connectivity index (χ1v) is 6.70. The molecule has 0 aliphatic rings. The molecule has 0 bridgehead atoms. The number of benzene rings is 1. The van der Waals surface area contributed by atoms with E-state index in [9.17, 15) is 24.5 Å². The number of carbonyl (C=O) groups is 3. The summed E-state index contributed by atoms with van der Waals surface area (Å²) in [5.74, 6) is -2.23. The van der Waals surface area contributed by atoms with Crippen LogP contribution in [0.2, 0.25) is 0 Å². The number of nitro benzene ring substituents is 1. The van der Waals surface area contributed by atoms with Crippen LogP contribution >= 0.6 is 0 Å². The van der Waals surface area contributed by atoms with E-state index in [-0.39, 0.29) is 0 Å². The largest absolute Gasteiger partial charge is 0.464 e. The SMILES string of the molecule is [2H]c1c([2H])c([N+](=O)[O-])c([2H])c([2H])c1[C@@H](OC(C)=O)[C@@H](COC(C)=O)NC(C)=O. The Morgan fingerprint density at radius 1 is 1.21 bits per heavy atom. The van der Waals surface area contributed by atoms with Crippen LogP contribution < -0.4 is 5.32 Å². The van der Waals surface area contributed by atoms with Crippen molar-refractivity contribution in [3.8, 4) is 0 Å². The third-order valence-corrected chi connectivity index (χ3v) is 2.61. The molecule has 1 aromatic carbocycles. The van der Waals surface area contributed by atoms with Crippen molar-refractivity contribution in [1.29, 1.82) is 0 Å². The Morgan fingerprint density at radius 3 is 2.21 bits per heavy atom. The monoisotopic (exact) mass is 342 g/mol. The first-order valence-electron chi connectivity index (χ1n) is 8.70. The Kier molecular flexibility index (Phi) is 4.83. The molecular weight excluding hydrogens is 320 g/mol. The molecule has 1 aromatic rings. The van der Waals surface area contributed by atoms with Crippen LogP contribution in [0.15, 0.2) is 24.2 Å². The highest BCUT2D eigenvalue weighted by Gasteiger charge is 2.28. The quantitative estimate of drug-likeness (QED) is 0.449. The number of esters is 2. The molecule has 130 valence electrons. The number of ether oxygens (including phenoxy) is 2. The van der Waals surface area contributed by atoms with E-state index in [2.05, 4.69) is 5.32 Å². The van der Waals surface area contributed by atoms with Crippen molar-refractivity contribution >= 4 is 23.5 Å². The molecule has 9 heteroatoms. The highest BCUT2D eigenvalue weighted by molar-refractivity contribution is 5.73. The van der Waals surface area contributed by atoms with Crippen molar-refractivity contribution in [3.05, 3.63) is 39.8 Å². The number of nitro groups is 1. The summed E-state index contributed by atoms with van der Waals surface area (Å²) in [7, 11) is 0. The van der Waals surface area contributed by atoms with Gasteiger partial charge in [-0.3, -0.25) is 24.5 Å². The van der Waals surface area contributed by atoms with Crippen molar-refractivity contribution < 1.29 is 34.3 Å². The predicted octanol–water partition coefficient (Wildman–Crippen LogP) is 1.27. The first-order chi connectivity index (χ1) is 12.9. The fourth-order valence-corrected chi connectivity index (χ4v) is 1.74. The van der Waals surface area contributed by atoms with Gasteiger partial charge >= 0.3 is 11.9 Å². The average Bonchev–Trinajstić information content (AvgIpc) is 2.55. The maximum absolute atomic E-state index is 11.6. The zero-order chi connectivity index (χ0) is 21.8. The number of nitrogens with zero attached hydrogens (tertiary/aromatic N) is 1. The molecule has 24 heavy (non-hydrogen) atoms. The Bertz CT molecular complexity index is 802. The Labute approximate surface area is 143 Å². The first kappa shape index (κ1) is 13.5. The third-order valence-electron chi connectivity index (χ3n) is 2.61. The fourth-order valence-electron chi connectivity index (χ4n) is 1.74. The summed E-state index contributed by atoms with van der Waals surface area (Å²) in [5.41, 5.74) is -1.54. The minimum Gasteiger partial charge on any atom is -0.464 e. The van der Waals surface area contributed by atoms with Gasteiger partial charge in [-0.05, 0) is 17.6 Å². The second-order valence-electron chi connectivity index (χ2n) is 4.66. The van der Waals surface area contributed by atoms with Gasteiger partial charge in [0.1, 0.15) is 12.6 Å². The van der Waals surface area contributed by atoms with Crippen molar-refractivity contribution in [2.75, 3.05) is 6.61 Å². The van der Waals surface area contributed by atoms with Crippen LogP contribution in [0.1, 0.15) is 37.9 Å². The molecule has 0 heterocycles. The second kappa shape index (κ2) is 8.61. The van der Waals surface area contributed by atoms with Crippen LogP contribution in [-0.2, 0) is 23.9 Å². The average molecular weight is 342 g/mol. The van der Waals surface area contributed by atoms with E-state index in [1.165, 1.54) is 0 Å². The van der Waals surface area contributed by atoms with Crippen LogP contribution in [0, 0.1) is 10.1 Å². The van der Waals surface area contributed by atoms with Gasteiger partial charge in [0, 0.05) is 32.9 Å². The minimum absolute atomic E-state index is 0.498. The number of amides is 1. The van der Waals surface area contributed by atoms with Crippen LogP contribution in [0.25, 0.3) is 0 Å². The maximum atomic E-state index is 11.6. The summed E-state index contributed by atoms with van der Waals surface area (Å²) < 4.78 is 41.5. The van der Waals surface area contributed by atoms with E-state index in [0.717, 1.165) is 20.8 Å². The van der Waals surface area contributed by atoms with E-state index >= 15 is 0 Å². The molecule has 0 spiro atoms. The highest BCUT2D eigenvalue weighted by atomic mass is 16.6. The van der Waals surface area contributed by atoms with E-state index in [1.807, 2.05) is 0 Å². The third kappa shape index (κ3) is 6.03. The molecule has 0 aliphatic heterocycles. The lowest BCUT2D eigenvalue weighted by molar-refractivity contribution is -0.384. The summed E-state index contributed by atoms with van der Waals surface area (Å²) in [6.07, 6.45) is -1.60. The van der Waals surface area contributed by atoms with Gasteiger partial charge in [0.15, 0.2) is 6.10 Å². The molecule has 1 N–H and O–H groups in total. The summed E-state index contributed by atoms with van der Waals surface area (Å²) in [6.45, 7) is 2.71. The van der Waals surface area contributed by atoms with Gasteiger partial charge in [-0.15, -0.1) is 0 Å².